The maximum absolute atomic E-state index is 12.4. The smallest absolute Gasteiger partial charge is 0.323 e. The van der Waals surface area contributed by atoms with Crippen molar-refractivity contribution in [2.75, 3.05) is 20.6 Å². The van der Waals surface area contributed by atoms with Crippen molar-refractivity contribution in [2.24, 2.45) is 0 Å². The molecule has 0 amide bonds. The monoisotopic (exact) mass is 300 g/mol. The Morgan fingerprint density at radius 2 is 1.82 bits per heavy atom. The SMILES string of the molecule is Cc1c(C(=O)CN(C)C)cc(-c2ccccc2)n1CC(=O)O. The van der Waals surface area contributed by atoms with Crippen LogP contribution in [0.3, 0.4) is 0 Å². The zero-order valence-electron chi connectivity index (χ0n) is 13.0. The number of ketones is 1. The first-order valence-corrected chi connectivity index (χ1v) is 7.05. The van der Waals surface area contributed by atoms with Gasteiger partial charge in [0.05, 0.1) is 6.54 Å². The Morgan fingerprint density at radius 3 is 2.36 bits per heavy atom. The number of hydrogen-bond donors (Lipinski definition) is 1. The highest BCUT2D eigenvalue weighted by molar-refractivity contribution is 6.00. The third-order valence-corrected chi connectivity index (χ3v) is 3.49. The summed E-state index contributed by atoms with van der Waals surface area (Å²) in [6.45, 7) is 1.93. The molecule has 0 spiro atoms. The van der Waals surface area contributed by atoms with Gasteiger partial charge in [-0.25, -0.2) is 0 Å². The van der Waals surface area contributed by atoms with Crippen molar-refractivity contribution < 1.29 is 14.7 Å². The van der Waals surface area contributed by atoms with Crippen LogP contribution in [-0.2, 0) is 11.3 Å². The van der Waals surface area contributed by atoms with Crippen molar-refractivity contribution in [1.82, 2.24) is 9.47 Å². The number of likely N-dealkylation sites (N-methyl/N-ethyl adjacent to an activating group) is 1. The molecule has 0 atom stereocenters. The second kappa shape index (κ2) is 6.58. The highest BCUT2D eigenvalue weighted by Crippen LogP contribution is 2.26. The number of aromatic nitrogens is 1. The largest absolute Gasteiger partial charge is 0.480 e. The summed E-state index contributed by atoms with van der Waals surface area (Å²) in [5.74, 6) is -0.939. The Hall–Kier alpha value is -2.40. The topological polar surface area (TPSA) is 62.5 Å². The van der Waals surface area contributed by atoms with E-state index in [-0.39, 0.29) is 12.3 Å². The van der Waals surface area contributed by atoms with Gasteiger partial charge in [-0.2, -0.15) is 0 Å². The van der Waals surface area contributed by atoms with Gasteiger partial charge in [-0.1, -0.05) is 30.3 Å². The van der Waals surface area contributed by atoms with E-state index < -0.39 is 5.97 Å². The molecule has 0 bridgehead atoms. The first-order chi connectivity index (χ1) is 10.4. The van der Waals surface area contributed by atoms with Gasteiger partial charge in [0.15, 0.2) is 5.78 Å². The minimum Gasteiger partial charge on any atom is -0.480 e. The Balaban J connectivity index is 2.52. The van der Waals surface area contributed by atoms with Crippen LogP contribution in [0.25, 0.3) is 11.3 Å². The van der Waals surface area contributed by atoms with Gasteiger partial charge in [0, 0.05) is 17.0 Å². The van der Waals surface area contributed by atoms with Gasteiger partial charge >= 0.3 is 5.97 Å². The van der Waals surface area contributed by atoms with Gasteiger partial charge in [0.25, 0.3) is 0 Å². The molecular weight excluding hydrogens is 280 g/mol. The third-order valence-electron chi connectivity index (χ3n) is 3.49. The van der Waals surface area contributed by atoms with Crippen LogP contribution in [0, 0.1) is 6.92 Å². The number of carbonyl (C=O) groups is 2. The van der Waals surface area contributed by atoms with Crippen LogP contribution in [0.2, 0.25) is 0 Å². The molecule has 22 heavy (non-hydrogen) atoms. The standard InChI is InChI=1S/C17H20N2O3/c1-12-14(16(20)10-18(2)3)9-15(19(12)11-17(21)22)13-7-5-4-6-8-13/h4-9H,10-11H2,1-3H3,(H,21,22). The van der Waals surface area contributed by atoms with E-state index in [4.69, 9.17) is 5.11 Å². The fourth-order valence-electron chi connectivity index (χ4n) is 2.49. The lowest BCUT2D eigenvalue weighted by Gasteiger charge is -2.10. The second-order valence-electron chi connectivity index (χ2n) is 5.54. The molecule has 0 aliphatic rings. The first kappa shape index (κ1) is 16.0. The molecule has 1 aromatic heterocycles. The molecule has 0 fully saturated rings. The highest BCUT2D eigenvalue weighted by atomic mass is 16.4. The molecule has 2 aromatic rings. The molecule has 5 nitrogen and oxygen atoms in total. The molecule has 1 aromatic carbocycles. The zero-order valence-corrected chi connectivity index (χ0v) is 13.0. The van der Waals surface area contributed by atoms with Crippen molar-refractivity contribution in [1.29, 1.82) is 0 Å². The maximum atomic E-state index is 12.4. The van der Waals surface area contributed by atoms with Gasteiger partial charge in [-0.3, -0.25) is 9.59 Å². The fourth-order valence-corrected chi connectivity index (χ4v) is 2.49. The Bertz CT molecular complexity index is 687. The summed E-state index contributed by atoms with van der Waals surface area (Å²) in [7, 11) is 3.67. The zero-order chi connectivity index (χ0) is 16.3. The number of rotatable bonds is 6. The van der Waals surface area contributed by atoms with Crippen LogP contribution in [0.5, 0.6) is 0 Å². The number of aliphatic carboxylic acids is 1. The van der Waals surface area contributed by atoms with E-state index in [0.717, 1.165) is 11.3 Å². The van der Waals surface area contributed by atoms with Crippen molar-refractivity contribution in [2.45, 2.75) is 13.5 Å². The van der Waals surface area contributed by atoms with Gasteiger partial charge in [0.2, 0.25) is 0 Å². The van der Waals surface area contributed by atoms with Gasteiger partial charge in [0.1, 0.15) is 6.54 Å². The maximum Gasteiger partial charge on any atom is 0.323 e. The molecule has 0 unspecified atom stereocenters. The molecular formula is C17H20N2O3. The minimum atomic E-state index is -0.928. The lowest BCUT2D eigenvalue weighted by molar-refractivity contribution is -0.137. The van der Waals surface area contributed by atoms with E-state index in [1.165, 1.54) is 0 Å². The molecule has 0 aliphatic heterocycles. The molecule has 1 N–H and O–H groups in total. The van der Waals surface area contributed by atoms with Crippen LogP contribution in [0.15, 0.2) is 36.4 Å². The summed E-state index contributed by atoms with van der Waals surface area (Å²) < 4.78 is 1.68. The summed E-state index contributed by atoms with van der Waals surface area (Å²) >= 11 is 0. The quantitative estimate of drug-likeness (QED) is 0.831. The van der Waals surface area contributed by atoms with Crippen molar-refractivity contribution in [3.8, 4) is 11.3 Å². The van der Waals surface area contributed by atoms with E-state index in [1.807, 2.05) is 44.4 Å². The lowest BCUT2D eigenvalue weighted by atomic mass is 10.1. The van der Waals surface area contributed by atoms with Crippen LogP contribution in [0.4, 0.5) is 0 Å². The normalized spacial score (nSPS) is 10.9. The van der Waals surface area contributed by atoms with Crippen molar-refractivity contribution in [3.05, 3.63) is 47.7 Å². The summed E-state index contributed by atoms with van der Waals surface area (Å²) in [5, 5.41) is 9.14. The van der Waals surface area contributed by atoms with Crippen LogP contribution >= 0.6 is 0 Å². The number of carbonyl (C=O) groups excluding carboxylic acids is 1. The Labute approximate surface area is 129 Å². The number of carboxylic acids is 1. The number of Topliss-reactive ketones (excluding diaryl/α,β-unsaturated/α-hetero) is 1. The average Bonchev–Trinajstić information content (AvgIpc) is 2.76. The van der Waals surface area contributed by atoms with Gasteiger partial charge in [-0.15, -0.1) is 0 Å². The first-order valence-electron chi connectivity index (χ1n) is 7.05. The van der Waals surface area contributed by atoms with Crippen molar-refractivity contribution in [3.63, 3.8) is 0 Å². The number of benzene rings is 1. The number of carboxylic acid groups (broad SMARTS) is 1. The molecule has 1 heterocycles. The molecule has 0 aliphatic carbocycles. The van der Waals surface area contributed by atoms with E-state index in [0.29, 0.717) is 17.8 Å². The molecule has 0 radical (unpaired) electrons. The molecule has 5 heteroatoms. The van der Waals surface area contributed by atoms with Crippen LogP contribution in [0.1, 0.15) is 16.1 Å². The predicted octanol–water partition coefficient (Wildman–Crippen LogP) is 2.29. The van der Waals surface area contributed by atoms with Crippen molar-refractivity contribution >= 4 is 11.8 Å². The molecule has 116 valence electrons. The summed E-state index contributed by atoms with van der Waals surface area (Å²) in [6, 6.07) is 11.3. The summed E-state index contributed by atoms with van der Waals surface area (Å²) in [4.78, 5) is 25.3. The van der Waals surface area contributed by atoms with E-state index in [9.17, 15) is 9.59 Å². The lowest BCUT2D eigenvalue weighted by Crippen LogP contribution is -2.22. The molecule has 0 saturated carbocycles. The van der Waals surface area contributed by atoms with Gasteiger partial charge < -0.3 is 14.6 Å². The highest BCUT2D eigenvalue weighted by Gasteiger charge is 2.19. The number of hydrogen-bond acceptors (Lipinski definition) is 3. The summed E-state index contributed by atoms with van der Waals surface area (Å²) in [5.41, 5.74) is 2.92. The minimum absolute atomic E-state index is 0.0104. The second-order valence-corrected chi connectivity index (χ2v) is 5.54. The number of nitrogens with zero attached hydrogens (tertiary/aromatic N) is 2. The Morgan fingerprint density at radius 1 is 1.18 bits per heavy atom. The van der Waals surface area contributed by atoms with E-state index in [1.54, 1.807) is 22.5 Å². The Kier molecular flexibility index (Phi) is 4.78. The third kappa shape index (κ3) is 3.43. The predicted molar refractivity (Wildman–Crippen MR) is 85.1 cm³/mol. The van der Waals surface area contributed by atoms with E-state index in [2.05, 4.69) is 0 Å². The summed E-state index contributed by atoms with van der Waals surface area (Å²) in [6.07, 6.45) is 0. The van der Waals surface area contributed by atoms with Gasteiger partial charge in [-0.05, 0) is 32.6 Å². The van der Waals surface area contributed by atoms with Crippen LogP contribution in [-0.4, -0.2) is 47.0 Å². The molecule has 2 rings (SSSR count). The average molecular weight is 300 g/mol. The van der Waals surface area contributed by atoms with Crippen LogP contribution < -0.4 is 0 Å². The fraction of sp³-hybridized carbons (Fsp3) is 0.294. The molecule has 0 saturated heterocycles. The van der Waals surface area contributed by atoms with E-state index >= 15 is 0 Å².